The third-order valence-electron chi connectivity index (χ3n) is 3.13. The van der Waals surface area contributed by atoms with Gasteiger partial charge in [0.1, 0.15) is 11.6 Å². The van der Waals surface area contributed by atoms with E-state index in [-0.39, 0.29) is 0 Å². The zero-order chi connectivity index (χ0) is 14.1. The van der Waals surface area contributed by atoms with Gasteiger partial charge in [-0.1, -0.05) is 0 Å². The number of fused-ring (bicyclic) bond motifs is 1. The number of rotatable bonds is 3. The van der Waals surface area contributed by atoms with E-state index in [4.69, 9.17) is 5.73 Å². The van der Waals surface area contributed by atoms with Crippen molar-refractivity contribution in [2.45, 2.75) is 12.5 Å². The molecule has 0 amide bonds. The molecular weight excluding hydrogens is 262 g/mol. The molecule has 0 radical (unpaired) electrons. The Labute approximate surface area is 113 Å². The first-order valence-corrected chi connectivity index (χ1v) is 6.11. The molecule has 2 heterocycles. The summed E-state index contributed by atoms with van der Waals surface area (Å²) in [5.41, 5.74) is 8.21. The van der Waals surface area contributed by atoms with Gasteiger partial charge in [0.05, 0.1) is 17.9 Å². The fraction of sp³-hybridized carbons (Fsp3) is 0.143. The van der Waals surface area contributed by atoms with E-state index in [0.717, 1.165) is 17.1 Å². The van der Waals surface area contributed by atoms with Crippen LogP contribution >= 0.6 is 0 Å². The Morgan fingerprint density at radius 1 is 1.15 bits per heavy atom. The van der Waals surface area contributed by atoms with Crippen molar-refractivity contribution in [2.75, 3.05) is 0 Å². The van der Waals surface area contributed by atoms with E-state index in [9.17, 15) is 8.78 Å². The van der Waals surface area contributed by atoms with Crippen LogP contribution in [0.1, 0.15) is 17.2 Å². The summed E-state index contributed by atoms with van der Waals surface area (Å²) >= 11 is 0. The summed E-state index contributed by atoms with van der Waals surface area (Å²) in [6.45, 7) is 0. The Hall–Kier alpha value is -2.34. The molecule has 1 atom stereocenters. The van der Waals surface area contributed by atoms with Crippen molar-refractivity contribution in [3.63, 3.8) is 0 Å². The van der Waals surface area contributed by atoms with Crippen LogP contribution in [0.5, 0.6) is 0 Å². The first-order chi connectivity index (χ1) is 9.63. The van der Waals surface area contributed by atoms with Crippen molar-refractivity contribution in [1.29, 1.82) is 0 Å². The van der Waals surface area contributed by atoms with Crippen molar-refractivity contribution in [3.05, 3.63) is 65.7 Å². The number of hydrogen-bond donors (Lipinski definition) is 1. The standard InChI is InChI=1S/C14H12F2N4/c15-10-3-9(4-11(16)6-10)5-13(17)12-7-19-20-2-1-18-8-14(12)20/h1-4,6-8,13H,5,17H2. The van der Waals surface area contributed by atoms with Crippen LogP contribution < -0.4 is 5.73 Å². The molecular formula is C14H12F2N4. The lowest BCUT2D eigenvalue weighted by Crippen LogP contribution is -2.13. The van der Waals surface area contributed by atoms with Crippen molar-refractivity contribution in [3.8, 4) is 0 Å². The summed E-state index contributed by atoms with van der Waals surface area (Å²) in [5, 5.41) is 4.16. The lowest BCUT2D eigenvalue weighted by atomic mass is 10.0. The van der Waals surface area contributed by atoms with Crippen molar-refractivity contribution in [2.24, 2.45) is 5.73 Å². The number of hydrogen-bond acceptors (Lipinski definition) is 3. The Morgan fingerprint density at radius 3 is 2.65 bits per heavy atom. The molecule has 0 aliphatic heterocycles. The van der Waals surface area contributed by atoms with Crippen LogP contribution in [0.25, 0.3) is 5.52 Å². The van der Waals surface area contributed by atoms with E-state index < -0.39 is 17.7 Å². The van der Waals surface area contributed by atoms with Gasteiger partial charge in [0.25, 0.3) is 0 Å². The lowest BCUT2D eigenvalue weighted by Gasteiger charge is -2.10. The summed E-state index contributed by atoms with van der Waals surface area (Å²) in [6.07, 6.45) is 6.97. The predicted octanol–water partition coefficient (Wildman–Crippen LogP) is 2.25. The smallest absolute Gasteiger partial charge is 0.126 e. The molecule has 2 aromatic heterocycles. The zero-order valence-corrected chi connectivity index (χ0v) is 10.5. The maximum absolute atomic E-state index is 13.2. The van der Waals surface area contributed by atoms with Crippen molar-refractivity contribution >= 4 is 5.52 Å². The number of aromatic nitrogens is 3. The molecule has 0 aliphatic rings. The Morgan fingerprint density at radius 2 is 1.90 bits per heavy atom. The third kappa shape index (κ3) is 2.37. The second kappa shape index (κ2) is 4.97. The molecule has 20 heavy (non-hydrogen) atoms. The van der Waals surface area contributed by atoms with Gasteiger partial charge in [-0.25, -0.2) is 13.3 Å². The number of halogens is 2. The average Bonchev–Trinajstić information content (AvgIpc) is 2.81. The van der Waals surface area contributed by atoms with E-state index in [2.05, 4.69) is 10.1 Å². The van der Waals surface area contributed by atoms with Gasteiger partial charge in [-0.15, -0.1) is 0 Å². The Balaban J connectivity index is 1.91. The monoisotopic (exact) mass is 274 g/mol. The number of benzene rings is 1. The Bertz CT molecular complexity index is 734. The molecule has 1 unspecified atom stereocenters. The Kier molecular flexibility index (Phi) is 3.15. The third-order valence-corrected chi connectivity index (χ3v) is 3.13. The van der Waals surface area contributed by atoms with Gasteiger partial charge in [0, 0.05) is 30.1 Å². The molecule has 0 saturated carbocycles. The molecule has 0 aliphatic carbocycles. The largest absolute Gasteiger partial charge is 0.324 e. The van der Waals surface area contributed by atoms with Crippen LogP contribution in [-0.2, 0) is 6.42 Å². The van der Waals surface area contributed by atoms with E-state index in [1.54, 1.807) is 29.3 Å². The summed E-state index contributed by atoms with van der Waals surface area (Å²) < 4.78 is 28.0. The predicted molar refractivity (Wildman–Crippen MR) is 70.0 cm³/mol. The minimum Gasteiger partial charge on any atom is -0.324 e. The van der Waals surface area contributed by atoms with Gasteiger partial charge < -0.3 is 5.73 Å². The fourth-order valence-corrected chi connectivity index (χ4v) is 2.23. The summed E-state index contributed by atoms with van der Waals surface area (Å²) in [6, 6.07) is 3.01. The van der Waals surface area contributed by atoms with Crippen LogP contribution in [-0.4, -0.2) is 14.6 Å². The van der Waals surface area contributed by atoms with E-state index in [1.165, 1.54) is 12.1 Å². The lowest BCUT2D eigenvalue weighted by molar-refractivity contribution is 0.576. The highest BCUT2D eigenvalue weighted by atomic mass is 19.1. The molecule has 4 nitrogen and oxygen atoms in total. The highest BCUT2D eigenvalue weighted by molar-refractivity contribution is 5.53. The molecule has 3 rings (SSSR count). The second-order valence-electron chi connectivity index (χ2n) is 4.59. The van der Waals surface area contributed by atoms with Crippen LogP contribution in [0.3, 0.4) is 0 Å². The maximum Gasteiger partial charge on any atom is 0.126 e. The molecule has 6 heteroatoms. The molecule has 0 fully saturated rings. The van der Waals surface area contributed by atoms with Gasteiger partial charge in [0.15, 0.2) is 0 Å². The summed E-state index contributed by atoms with van der Waals surface area (Å²) in [5.74, 6) is -1.21. The molecule has 2 N–H and O–H groups in total. The van der Waals surface area contributed by atoms with Crippen molar-refractivity contribution in [1.82, 2.24) is 14.6 Å². The molecule has 0 saturated heterocycles. The fourth-order valence-electron chi connectivity index (χ4n) is 2.23. The molecule has 0 bridgehead atoms. The summed E-state index contributed by atoms with van der Waals surface area (Å²) in [7, 11) is 0. The van der Waals surface area contributed by atoms with Gasteiger partial charge in [-0.2, -0.15) is 5.10 Å². The molecule has 0 spiro atoms. The van der Waals surface area contributed by atoms with Gasteiger partial charge in [-0.05, 0) is 24.1 Å². The number of nitrogens with zero attached hydrogens (tertiary/aromatic N) is 3. The quantitative estimate of drug-likeness (QED) is 0.797. The second-order valence-corrected chi connectivity index (χ2v) is 4.59. The maximum atomic E-state index is 13.2. The van der Waals surface area contributed by atoms with Crippen LogP contribution in [0.15, 0.2) is 43.0 Å². The average molecular weight is 274 g/mol. The van der Waals surface area contributed by atoms with Crippen LogP contribution in [0, 0.1) is 11.6 Å². The minimum absolute atomic E-state index is 0.324. The van der Waals surface area contributed by atoms with Crippen molar-refractivity contribution < 1.29 is 8.78 Å². The SMILES string of the molecule is NC(Cc1cc(F)cc(F)c1)c1cnn2ccncc12. The normalized spacial score (nSPS) is 12.8. The molecule has 1 aromatic carbocycles. The minimum atomic E-state index is -0.603. The van der Waals surface area contributed by atoms with Gasteiger partial charge in [0.2, 0.25) is 0 Å². The highest BCUT2D eigenvalue weighted by Gasteiger charge is 2.14. The molecule has 102 valence electrons. The van der Waals surface area contributed by atoms with E-state index in [1.807, 2.05) is 0 Å². The van der Waals surface area contributed by atoms with Gasteiger partial charge in [-0.3, -0.25) is 4.98 Å². The molecule has 3 aromatic rings. The number of nitrogens with two attached hydrogens (primary N) is 1. The summed E-state index contributed by atoms with van der Waals surface area (Å²) in [4.78, 5) is 4.03. The van der Waals surface area contributed by atoms with Crippen LogP contribution in [0.4, 0.5) is 8.78 Å². The zero-order valence-electron chi connectivity index (χ0n) is 10.5. The van der Waals surface area contributed by atoms with Crippen LogP contribution in [0.2, 0.25) is 0 Å². The highest BCUT2D eigenvalue weighted by Crippen LogP contribution is 2.21. The first-order valence-electron chi connectivity index (χ1n) is 6.11. The van der Waals surface area contributed by atoms with E-state index >= 15 is 0 Å². The van der Waals surface area contributed by atoms with Gasteiger partial charge >= 0.3 is 0 Å². The van der Waals surface area contributed by atoms with E-state index in [0.29, 0.717) is 12.0 Å². The topological polar surface area (TPSA) is 56.2 Å². The first kappa shape index (κ1) is 12.7.